The van der Waals surface area contributed by atoms with E-state index in [1.54, 1.807) is 0 Å². The maximum absolute atomic E-state index is 13.6. The molecule has 1 aromatic rings. The predicted molar refractivity (Wildman–Crippen MR) is 68.8 cm³/mol. The van der Waals surface area contributed by atoms with Gasteiger partial charge in [0.15, 0.2) is 11.6 Å². The summed E-state index contributed by atoms with van der Waals surface area (Å²) < 4.78 is 53.9. The Balaban J connectivity index is 2.98. The Labute approximate surface area is 123 Å². The molecule has 0 unspecified atom stereocenters. The fourth-order valence-electron chi connectivity index (χ4n) is 1.51. The summed E-state index contributed by atoms with van der Waals surface area (Å²) in [4.78, 5) is 25.8. The lowest BCUT2D eigenvalue weighted by molar-refractivity contribution is -0.267. The highest BCUT2D eigenvalue weighted by atomic mass is 19.3. The fourth-order valence-corrected chi connectivity index (χ4v) is 1.51. The van der Waals surface area contributed by atoms with Crippen molar-refractivity contribution in [2.75, 3.05) is 5.32 Å². The Morgan fingerprint density at radius 1 is 1.27 bits per heavy atom. The number of carbonyl (C=O) groups excluding carboxylic acids is 2. The molecule has 22 heavy (non-hydrogen) atoms. The van der Waals surface area contributed by atoms with Crippen LogP contribution >= 0.6 is 0 Å². The molecule has 122 valence electrons. The van der Waals surface area contributed by atoms with Crippen LogP contribution in [0.4, 0.5) is 23.2 Å². The summed E-state index contributed by atoms with van der Waals surface area (Å²) >= 11 is 0. The molecule has 1 aromatic carbocycles. The average Bonchev–Trinajstić information content (AvgIpc) is 2.44. The normalized spacial score (nSPS) is 11.2. The largest absolute Gasteiger partial charge is 0.379 e. The van der Waals surface area contributed by atoms with Gasteiger partial charge in [-0.2, -0.15) is 8.78 Å². The summed E-state index contributed by atoms with van der Waals surface area (Å²) in [5, 5.41) is 1.95. The maximum Gasteiger partial charge on any atom is 0.379 e. The molecule has 0 heterocycles. The van der Waals surface area contributed by atoms with Crippen molar-refractivity contribution in [3.05, 3.63) is 29.3 Å². The molecule has 9 heteroatoms. The van der Waals surface area contributed by atoms with Gasteiger partial charge in [0.1, 0.15) is 0 Å². The predicted octanol–water partition coefficient (Wildman–Crippen LogP) is 2.52. The molecular weight excluding hydrogens is 308 g/mol. The second-order valence-corrected chi connectivity index (χ2v) is 4.37. The van der Waals surface area contributed by atoms with E-state index in [1.165, 1.54) is 12.4 Å². The molecule has 0 fully saturated rings. The van der Waals surface area contributed by atoms with Crippen LogP contribution in [-0.4, -0.2) is 17.9 Å². The first-order valence-electron chi connectivity index (χ1n) is 6.25. The Kier molecular flexibility index (Phi) is 5.86. The second-order valence-electron chi connectivity index (χ2n) is 4.37. The molecule has 0 atom stereocenters. The van der Waals surface area contributed by atoms with Crippen molar-refractivity contribution in [2.45, 2.75) is 32.8 Å². The molecule has 0 radical (unpaired) electrons. The molecule has 0 saturated heterocycles. The van der Waals surface area contributed by atoms with Crippen molar-refractivity contribution in [1.82, 2.24) is 5.48 Å². The number of hydrogen-bond donors (Lipinski definition) is 2. The highest BCUT2D eigenvalue weighted by molar-refractivity contribution is 5.89. The zero-order valence-electron chi connectivity index (χ0n) is 11.8. The average molecular weight is 322 g/mol. The number of rotatable bonds is 6. The fraction of sp³-hybridized carbons (Fsp3) is 0.385. The highest BCUT2D eigenvalue weighted by Crippen LogP contribution is 2.29. The molecule has 0 aromatic heterocycles. The van der Waals surface area contributed by atoms with Gasteiger partial charge >= 0.3 is 6.11 Å². The number of alkyl halides is 2. The lowest BCUT2D eigenvalue weighted by Gasteiger charge is -2.19. The van der Waals surface area contributed by atoms with Gasteiger partial charge in [-0.1, -0.05) is 13.0 Å². The summed E-state index contributed by atoms with van der Waals surface area (Å²) in [6, 6.07) is 1.54. The summed E-state index contributed by atoms with van der Waals surface area (Å²) in [6.07, 6.45) is -5.12. The number of nitrogens with one attached hydrogen (secondary N) is 2. The van der Waals surface area contributed by atoms with E-state index in [1.807, 2.05) is 5.32 Å². The quantitative estimate of drug-likeness (QED) is 0.625. The third-order valence-corrected chi connectivity index (χ3v) is 2.51. The number of carbonyl (C=O) groups is 2. The van der Waals surface area contributed by atoms with Gasteiger partial charge in [0, 0.05) is 13.3 Å². The van der Waals surface area contributed by atoms with Crippen LogP contribution in [0, 0.1) is 11.6 Å². The highest BCUT2D eigenvalue weighted by Gasteiger charge is 2.34. The molecule has 0 spiro atoms. The number of amides is 2. The monoisotopic (exact) mass is 322 g/mol. The minimum Gasteiger partial charge on any atom is -0.324 e. The zero-order valence-corrected chi connectivity index (χ0v) is 11.8. The van der Waals surface area contributed by atoms with Gasteiger partial charge in [0.2, 0.25) is 11.8 Å². The van der Waals surface area contributed by atoms with Gasteiger partial charge < -0.3 is 5.32 Å². The van der Waals surface area contributed by atoms with Gasteiger partial charge in [-0.25, -0.2) is 19.1 Å². The van der Waals surface area contributed by atoms with Crippen molar-refractivity contribution in [3.8, 4) is 0 Å². The van der Waals surface area contributed by atoms with Crippen LogP contribution in [0.15, 0.2) is 12.1 Å². The molecule has 0 saturated carbocycles. The van der Waals surface area contributed by atoms with Crippen LogP contribution in [0.2, 0.25) is 0 Å². The Hall–Kier alpha value is -2.16. The van der Waals surface area contributed by atoms with E-state index >= 15 is 0 Å². The van der Waals surface area contributed by atoms with Gasteiger partial charge in [-0.05, 0) is 11.6 Å². The van der Waals surface area contributed by atoms with Crippen LogP contribution in [0.3, 0.4) is 0 Å². The van der Waals surface area contributed by atoms with Crippen LogP contribution in [-0.2, 0) is 20.8 Å². The first-order chi connectivity index (χ1) is 10.2. The van der Waals surface area contributed by atoms with E-state index < -0.39 is 41.7 Å². The third kappa shape index (κ3) is 4.99. The van der Waals surface area contributed by atoms with Gasteiger partial charge in [-0.3, -0.25) is 9.59 Å². The van der Waals surface area contributed by atoms with Crippen molar-refractivity contribution in [3.63, 3.8) is 0 Å². The van der Waals surface area contributed by atoms with Crippen LogP contribution in [0.5, 0.6) is 0 Å². The molecular formula is C13H14F4N2O3. The van der Waals surface area contributed by atoms with E-state index in [-0.39, 0.29) is 12.0 Å². The number of hydroxylamine groups is 1. The number of benzene rings is 1. The molecule has 0 aliphatic rings. The van der Waals surface area contributed by atoms with E-state index in [2.05, 4.69) is 4.84 Å². The minimum absolute atomic E-state index is 0.0710. The van der Waals surface area contributed by atoms with Crippen LogP contribution < -0.4 is 10.8 Å². The SMILES string of the molecule is CCC(=O)NOC(F)(F)Cc1ccc(F)c(F)c1NC(C)=O. The summed E-state index contributed by atoms with van der Waals surface area (Å²) in [5.74, 6) is -4.28. The molecule has 0 aliphatic heterocycles. The van der Waals surface area contributed by atoms with Gasteiger partial charge in [0.05, 0.1) is 12.1 Å². The third-order valence-electron chi connectivity index (χ3n) is 2.51. The first-order valence-corrected chi connectivity index (χ1v) is 6.25. The van der Waals surface area contributed by atoms with E-state index in [4.69, 9.17) is 0 Å². The Bertz CT molecular complexity index is 579. The Morgan fingerprint density at radius 2 is 1.91 bits per heavy atom. The van der Waals surface area contributed by atoms with E-state index in [0.29, 0.717) is 6.07 Å². The van der Waals surface area contributed by atoms with E-state index in [9.17, 15) is 27.2 Å². The van der Waals surface area contributed by atoms with Crippen molar-refractivity contribution < 1.29 is 32.0 Å². The summed E-state index contributed by atoms with van der Waals surface area (Å²) in [6.45, 7) is 2.45. The minimum atomic E-state index is -3.87. The zero-order chi connectivity index (χ0) is 16.9. The topological polar surface area (TPSA) is 67.4 Å². The lowest BCUT2D eigenvalue weighted by Crippen LogP contribution is -2.35. The lowest BCUT2D eigenvalue weighted by atomic mass is 10.1. The summed E-state index contributed by atoms with van der Waals surface area (Å²) in [7, 11) is 0. The van der Waals surface area contributed by atoms with Crippen molar-refractivity contribution in [1.29, 1.82) is 0 Å². The number of halogens is 4. The standard InChI is InChI=1S/C13H14F4N2O3/c1-3-10(21)19-22-13(16,17)6-8-4-5-9(14)11(15)12(8)18-7(2)20/h4-5H,3,6H2,1-2H3,(H,18,20)(H,19,21). The van der Waals surface area contributed by atoms with Crippen LogP contribution in [0.25, 0.3) is 0 Å². The maximum atomic E-state index is 13.6. The van der Waals surface area contributed by atoms with Crippen molar-refractivity contribution >= 4 is 17.5 Å². The molecule has 2 amide bonds. The molecule has 5 nitrogen and oxygen atoms in total. The van der Waals surface area contributed by atoms with Gasteiger partial charge in [0.25, 0.3) is 0 Å². The molecule has 0 aliphatic carbocycles. The van der Waals surface area contributed by atoms with E-state index in [0.717, 1.165) is 13.0 Å². The number of anilines is 1. The smallest absolute Gasteiger partial charge is 0.324 e. The molecule has 2 N–H and O–H groups in total. The number of hydrogen-bond acceptors (Lipinski definition) is 3. The van der Waals surface area contributed by atoms with Crippen LogP contribution in [0.1, 0.15) is 25.8 Å². The van der Waals surface area contributed by atoms with Gasteiger partial charge in [-0.15, -0.1) is 0 Å². The Morgan fingerprint density at radius 3 is 2.45 bits per heavy atom. The molecule has 0 bridgehead atoms. The van der Waals surface area contributed by atoms with Crippen molar-refractivity contribution in [2.24, 2.45) is 0 Å². The first kappa shape index (κ1) is 17.9. The second kappa shape index (κ2) is 7.21. The molecule has 1 rings (SSSR count). The summed E-state index contributed by atoms with van der Waals surface area (Å²) in [5.41, 5.74) is 0.454.